The van der Waals surface area contributed by atoms with Crippen molar-refractivity contribution in [3.63, 3.8) is 0 Å². The van der Waals surface area contributed by atoms with E-state index in [0.29, 0.717) is 4.88 Å². The first-order chi connectivity index (χ1) is 10.5. The van der Waals surface area contributed by atoms with Crippen molar-refractivity contribution in [2.45, 2.75) is 32.7 Å². The first-order valence-electron chi connectivity index (χ1n) is 6.92. The zero-order chi connectivity index (χ0) is 16.1. The Balaban J connectivity index is 2.17. The van der Waals surface area contributed by atoms with Crippen LogP contribution in [0.1, 0.15) is 44.6 Å². The number of aromatic nitrogens is 1. The zero-order valence-electron chi connectivity index (χ0n) is 12.7. The molecule has 22 heavy (non-hydrogen) atoms. The molecular weight excluding hydrogens is 320 g/mol. The summed E-state index contributed by atoms with van der Waals surface area (Å²) in [6.07, 6.45) is 0.913. The summed E-state index contributed by atoms with van der Waals surface area (Å²) in [5.41, 5.74) is 0.724. The minimum absolute atomic E-state index is 0.112. The molecule has 0 bridgehead atoms. The van der Waals surface area contributed by atoms with E-state index in [4.69, 9.17) is 4.74 Å². The molecule has 0 saturated carbocycles. The van der Waals surface area contributed by atoms with E-state index >= 15 is 0 Å². The minimum atomic E-state index is -0.383. The molecule has 7 heteroatoms. The van der Waals surface area contributed by atoms with Gasteiger partial charge < -0.3 is 10.1 Å². The summed E-state index contributed by atoms with van der Waals surface area (Å²) in [5, 5.41) is 5.77. The number of rotatable bonds is 6. The highest BCUT2D eigenvalue weighted by molar-refractivity contribution is 7.13. The van der Waals surface area contributed by atoms with Crippen molar-refractivity contribution in [3.05, 3.63) is 38.0 Å². The third-order valence-electron chi connectivity index (χ3n) is 3.14. The summed E-state index contributed by atoms with van der Waals surface area (Å²) in [4.78, 5) is 29.9. The van der Waals surface area contributed by atoms with Crippen molar-refractivity contribution in [2.24, 2.45) is 0 Å². The number of thiophene rings is 1. The van der Waals surface area contributed by atoms with E-state index in [9.17, 15) is 9.59 Å². The Morgan fingerprint density at radius 3 is 2.77 bits per heavy atom. The summed E-state index contributed by atoms with van der Waals surface area (Å²) in [6.45, 7) is 3.83. The van der Waals surface area contributed by atoms with E-state index in [2.05, 4.69) is 10.3 Å². The Bertz CT molecular complexity index is 650. The molecule has 118 valence electrons. The fourth-order valence-corrected chi connectivity index (χ4v) is 3.69. The van der Waals surface area contributed by atoms with Gasteiger partial charge in [-0.25, -0.2) is 4.98 Å². The predicted molar refractivity (Wildman–Crippen MR) is 87.4 cm³/mol. The monoisotopic (exact) mass is 338 g/mol. The van der Waals surface area contributed by atoms with E-state index in [1.807, 2.05) is 31.4 Å². The maximum atomic E-state index is 12.5. The van der Waals surface area contributed by atoms with Gasteiger partial charge in [0.1, 0.15) is 4.88 Å². The van der Waals surface area contributed by atoms with Crippen LogP contribution in [0.5, 0.6) is 0 Å². The Labute approximate surface area is 137 Å². The lowest BCUT2D eigenvalue weighted by Gasteiger charge is -2.16. The van der Waals surface area contributed by atoms with Crippen LogP contribution in [-0.2, 0) is 16.0 Å². The van der Waals surface area contributed by atoms with Crippen molar-refractivity contribution in [3.8, 4) is 0 Å². The molecule has 2 aromatic rings. The third kappa shape index (κ3) is 3.92. The molecule has 0 spiro atoms. The van der Waals surface area contributed by atoms with Crippen molar-refractivity contribution < 1.29 is 14.3 Å². The van der Waals surface area contributed by atoms with Crippen LogP contribution >= 0.6 is 22.7 Å². The number of amides is 1. The smallest absolute Gasteiger partial charge is 0.307 e. The van der Waals surface area contributed by atoms with E-state index in [1.165, 1.54) is 29.8 Å². The normalized spacial score (nSPS) is 12.0. The fraction of sp³-hybridized carbons (Fsp3) is 0.400. The summed E-state index contributed by atoms with van der Waals surface area (Å²) in [5.74, 6) is -0.550. The molecule has 0 fully saturated rings. The molecule has 0 saturated heterocycles. The van der Waals surface area contributed by atoms with Crippen LogP contribution in [0.15, 0.2) is 17.5 Å². The van der Waals surface area contributed by atoms with Crippen LogP contribution in [0.2, 0.25) is 0 Å². The van der Waals surface area contributed by atoms with Crippen LogP contribution in [0.25, 0.3) is 0 Å². The second-order valence-electron chi connectivity index (χ2n) is 4.70. The van der Waals surface area contributed by atoms with Gasteiger partial charge in [0.2, 0.25) is 0 Å². The SMILES string of the molecule is CCc1nc(C)c(C(=O)N[C@@H](CC(=O)OC)c2cccs2)s1. The van der Waals surface area contributed by atoms with E-state index in [0.717, 1.165) is 22.0 Å². The van der Waals surface area contributed by atoms with Gasteiger partial charge in [0.25, 0.3) is 5.91 Å². The van der Waals surface area contributed by atoms with Gasteiger partial charge in [-0.1, -0.05) is 13.0 Å². The van der Waals surface area contributed by atoms with E-state index in [-0.39, 0.29) is 24.3 Å². The maximum Gasteiger partial charge on any atom is 0.307 e. The van der Waals surface area contributed by atoms with Crippen LogP contribution in [-0.4, -0.2) is 24.0 Å². The van der Waals surface area contributed by atoms with Crippen molar-refractivity contribution in [1.82, 2.24) is 10.3 Å². The maximum absolute atomic E-state index is 12.5. The average molecular weight is 338 g/mol. The zero-order valence-corrected chi connectivity index (χ0v) is 14.3. The number of aryl methyl sites for hydroxylation is 2. The number of carbonyl (C=O) groups excluding carboxylic acids is 2. The lowest BCUT2D eigenvalue weighted by atomic mass is 10.1. The van der Waals surface area contributed by atoms with Gasteiger partial charge in [-0.15, -0.1) is 22.7 Å². The number of esters is 1. The number of hydrogen-bond donors (Lipinski definition) is 1. The lowest BCUT2D eigenvalue weighted by molar-refractivity contribution is -0.141. The van der Waals surface area contributed by atoms with Gasteiger partial charge in [-0.05, 0) is 24.8 Å². The molecule has 1 N–H and O–H groups in total. The first-order valence-corrected chi connectivity index (χ1v) is 8.62. The van der Waals surface area contributed by atoms with Gasteiger partial charge in [0, 0.05) is 4.88 Å². The second kappa shape index (κ2) is 7.51. The average Bonchev–Trinajstić information content (AvgIpc) is 3.15. The van der Waals surface area contributed by atoms with Crippen LogP contribution in [0.4, 0.5) is 0 Å². The summed E-state index contributed by atoms with van der Waals surface area (Å²) >= 11 is 2.90. The molecule has 0 aromatic carbocycles. The number of ether oxygens (including phenoxy) is 1. The van der Waals surface area contributed by atoms with Crippen molar-refractivity contribution >= 4 is 34.6 Å². The molecule has 0 aliphatic heterocycles. The Morgan fingerprint density at radius 1 is 1.45 bits per heavy atom. The molecule has 0 radical (unpaired) electrons. The lowest BCUT2D eigenvalue weighted by Crippen LogP contribution is -2.29. The predicted octanol–water partition coefficient (Wildman–Crippen LogP) is 3.11. The van der Waals surface area contributed by atoms with Crippen molar-refractivity contribution in [1.29, 1.82) is 0 Å². The molecule has 0 aliphatic rings. The van der Waals surface area contributed by atoms with Gasteiger partial charge in [0.05, 0.1) is 30.3 Å². The quantitative estimate of drug-likeness (QED) is 0.822. The first kappa shape index (κ1) is 16.6. The Hall–Kier alpha value is -1.73. The summed E-state index contributed by atoms with van der Waals surface area (Å²) < 4.78 is 4.72. The van der Waals surface area contributed by atoms with Gasteiger partial charge in [-0.2, -0.15) is 0 Å². The largest absolute Gasteiger partial charge is 0.469 e. The van der Waals surface area contributed by atoms with Gasteiger partial charge in [-0.3, -0.25) is 9.59 Å². The summed E-state index contributed by atoms with van der Waals surface area (Å²) in [6, 6.07) is 3.41. The molecular formula is C15H18N2O3S2. The molecule has 1 amide bonds. The standard InChI is InChI=1S/C15H18N2O3S2/c1-4-12-16-9(2)14(22-12)15(19)17-10(8-13(18)20-3)11-6-5-7-21-11/h5-7,10H,4,8H2,1-3H3,(H,17,19)/t10-/m0/s1. The number of methoxy groups -OCH3 is 1. The van der Waals surface area contributed by atoms with E-state index in [1.54, 1.807) is 0 Å². The number of nitrogens with zero attached hydrogens (tertiary/aromatic N) is 1. The van der Waals surface area contributed by atoms with Crippen LogP contribution in [0, 0.1) is 6.92 Å². The highest BCUT2D eigenvalue weighted by Crippen LogP contribution is 2.25. The third-order valence-corrected chi connectivity index (χ3v) is 5.43. The topological polar surface area (TPSA) is 68.3 Å². The van der Waals surface area contributed by atoms with Gasteiger partial charge in [0.15, 0.2) is 0 Å². The second-order valence-corrected chi connectivity index (χ2v) is 6.76. The number of thiazole rings is 1. The molecule has 2 rings (SSSR count). The van der Waals surface area contributed by atoms with Crippen LogP contribution in [0.3, 0.4) is 0 Å². The van der Waals surface area contributed by atoms with Gasteiger partial charge >= 0.3 is 5.97 Å². The molecule has 1 atom stereocenters. The van der Waals surface area contributed by atoms with E-state index < -0.39 is 0 Å². The Kier molecular flexibility index (Phi) is 5.68. The molecule has 0 aliphatic carbocycles. The minimum Gasteiger partial charge on any atom is -0.469 e. The molecule has 2 aromatic heterocycles. The molecule has 2 heterocycles. The number of nitrogens with one attached hydrogen (secondary N) is 1. The van der Waals surface area contributed by atoms with Crippen molar-refractivity contribution in [2.75, 3.05) is 7.11 Å². The molecule has 0 unspecified atom stereocenters. The summed E-state index contributed by atoms with van der Waals surface area (Å²) in [7, 11) is 1.34. The molecule has 5 nitrogen and oxygen atoms in total. The van der Waals surface area contributed by atoms with Crippen LogP contribution < -0.4 is 5.32 Å². The Morgan fingerprint density at radius 2 is 2.23 bits per heavy atom. The number of hydrogen-bond acceptors (Lipinski definition) is 6. The highest BCUT2D eigenvalue weighted by atomic mass is 32.1. The fourth-order valence-electron chi connectivity index (χ4n) is 2.00. The highest BCUT2D eigenvalue weighted by Gasteiger charge is 2.23. The number of carbonyl (C=O) groups is 2.